The normalized spacial score (nSPS) is 16.3. The van der Waals surface area contributed by atoms with Gasteiger partial charge in [0.2, 0.25) is 0 Å². The second-order valence-corrected chi connectivity index (χ2v) is 7.08. The van der Waals surface area contributed by atoms with Gasteiger partial charge < -0.3 is 15.3 Å². The number of nitrogens with zero attached hydrogens (tertiary/aromatic N) is 5. The lowest BCUT2D eigenvalue weighted by Crippen LogP contribution is -2.22. The van der Waals surface area contributed by atoms with Gasteiger partial charge in [-0.2, -0.15) is 0 Å². The zero-order chi connectivity index (χ0) is 19.6. The van der Waals surface area contributed by atoms with Crippen LogP contribution in [0.15, 0.2) is 67.3 Å². The van der Waals surface area contributed by atoms with Crippen LogP contribution >= 0.6 is 0 Å². The first-order valence-corrected chi connectivity index (χ1v) is 9.58. The number of aromatic nitrogens is 4. The van der Waals surface area contributed by atoms with Gasteiger partial charge in [-0.05, 0) is 30.0 Å². The van der Waals surface area contributed by atoms with Crippen LogP contribution in [0.25, 0.3) is 22.0 Å². The Labute approximate surface area is 168 Å². The average Bonchev–Trinajstić information content (AvgIpc) is 3.20. The summed E-state index contributed by atoms with van der Waals surface area (Å²) in [5, 5.41) is 15.2. The van der Waals surface area contributed by atoms with Crippen LogP contribution in [0, 0.1) is 0 Å². The van der Waals surface area contributed by atoms with Crippen molar-refractivity contribution < 1.29 is 5.11 Å². The monoisotopic (exact) mass is 384 g/mol. The Balaban J connectivity index is 1.58. The summed E-state index contributed by atoms with van der Waals surface area (Å²) in [7, 11) is 0. The quantitative estimate of drug-likeness (QED) is 0.557. The van der Waals surface area contributed by atoms with Crippen LogP contribution in [-0.2, 0) is 0 Å². The maximum absolute atomic E-state index is 9.86. The summed E-state index contributed by atoms with van der Waals surface area (Å²) < 4.78 is 0. The molecule has 7 nitrogen and oxygen atoms in total. The molecule has 0 amide bonds. The van der Waals surface area contributed by atoms with Crippen LogP contribution in [0.1, 0.15) is 6.42 Å². The SMILES string of the molecule is OC1CCN(c2cc(-c3nc(Nc4cnccn4)cc4ccccc34)ccn2)C1. The maximum Gasteiger partial charge on any atom is 0.150 e. The number of β-amino-alcohol motifs (C(OH)–C–C–N with tert-alkyl or cyclic N) is 1. The zero-order valence-corrected chi connectivity index (χ0v) is 15.7. The Morgan fingerprint density at radius 3 is 2.76 bits per heavy atom. The van der Waals surface area contributed by atoms with E-state index in [2.05, 4.69) is 37.3 Å². The van der Waals surface area contributed by atoms with Crippen LogP contribution in [-0.4, -0.2) is 44.2 Å². The van der Waals surface area contributed by atoms with E-state index in [1.165, 1.54) is 0 Å². The first-order chi connectivity index (χ1) is 14.3. The van der Waals surface area contributed by atoms with Crippen molar-refractivity contribution in [2.24, 2.45) is 0 Å². The molecule has 1 fully saturated rings. The van der Waals surface area contributed by atoms with Crippen molar-refractivity contribution in [3.8, 4) is 11.3 Å². The molecule has 29 heavy (non-hydrogen) atoms. The van der Waals surface area contributed by atoms with Crippen molar-refractivity contribution in [3.63, 3.8) is 0 Å². The highest BCUT2D eigenvalue weighted by molar-refractivity contribution is 5.96. The summed E-state index contributed by atoms with van der Waals surface area (Å²) in [4.78, 5) is 19.9. The molecule has 4 heterocycles. The summed E-state index contributed by atoms with van der Waals surface area (Å²) in [5.74, 6) is 2.20. The smallest absolute Gasteiger partial charge is 0.150 e. The number of benzene rings is 1. The van der Waals surface area contributed by atoms with Crippen molar-refractivity contribution in [2.45, 2.75) is 12.5 Å². The average molecular weight is 384 g/mol. The molecule has 2 N–H and O–H groups in total. The molecule has 144 valence electrons. The Kier molecular flexibility index (Phi) is 4.50. The second kappa shape index (κ2) is 7.44. The fourth-order valence-electron chi connectivity index (χ4n) is 3.67. The van der Waals surface area contributed by atoms with Crippen molar-refractivity contribution in [3.05, 3.63) is 67.3 Å². The Morgan fingerprint density at radius 1 is 1.00 bits per heavy atom. The van der Waals surface area contributed by atoms with E-state index >= 15 is 0 Å². The predicted molar refractivity (Wildman–Crippen MR) is 113 cm³/mol. The molecule has 1 unspecified atom stereocenters. The maximum atomic E-state index is 9.86. The van der Waals surface area contributed by atoms with E-state index in [1.807, 2.05) is 30.3 Å². The largest absolute Gasteiger partial charge is 0.391 e. The third-order valence-corrected chi connectivity index (χ3v) is 5.07. The summed E-state index contributed by atoms with van der Waals surface area (Å²) in [6.07, 6.45) is 7.22. The predicted octanol–water partition coefficient (Wildman–Crippen LogP) is 3.40. The number of hydrogen-bond donors (Lipinski definition) is 2. The minimum atomic E-state index is -0.293. The van der Waals surface area contributed by atoms with Crippen LogP contribution in [0.4, 0.5) is 17.5 Å². The van der Waals surface area contributed by atoms with Gasteiger partial charge in [-0.25, -0.2) is 15.0 Å². The fraction of sp³-hybridized carbons (Fsp3) is 0.182. The third-order valence-electron chi connectivity index (χ3n) is 5.07. The van der Waals surface area contributed by atoms with E-state index in [9.17, 15) is 5.11 Å². The lowest BCUT2D eigenvalue weighted by atomic mass is 10.0. The number of aliphatic hydroxyl groups is 1. The summed E-state index contributed by atoms with van der Waals surface area (Å²) in [6, 6.07) is 14.2. The van der Waals surface area contributed by atoms with E-state index < -0.39 is 0 Å². The minimum Gasteiger partial charge on any atom is -0.391 e. The molecule has 0 radical (unpaired) electrons. The number of pyridine rings is 2. The van der Waals surface area contributed by atoms with Crippen LogP contribution in [0.3, 0.4) is 0 Å². The molecule has 7 heteroatoms. The molecular weight excluding hydrogens is 364 g/mol. The Hall–Kier alpha value is -3.58. The lowest BCUT2D eigenvalue weighted by molar-refractivity contribution is 0.198. The van der Waals surface area contributed by atoms with E-state index in [1.54, 1.807) is 24.8 Å². The van der Waals surface area contributed by atoms with E-state index in [0.29, 0.717) is 18.2 Å². The number of rotatable bonds is 4. The molecule has 0 aliphatic carbocycles. The van der Waals surface area contributed by atoms with Crippen molar-refractivity contribution in [1.82, 2.24) is 19.9 Å². The molecule has 1 aromatic carbocycles. The Morgan fingerprint density at radius 2 is 1.93 bits per heavy atom. The third kappa shape index (κ3) is 3.60. The van der Waals surface area contributed by atoms with Gasteiger partial charge in [0, 0.05) is 42.6 Å². The van der Waals surface area contributed by atoms with E-state index in [0.717, 1.165) is 40.8 Å². The molecular formula is C22H20N6O. The molecule has 1 saturated heterocycles. The molecule has 0 spiro atoms. The summed E-state index contributed by atoms with van der Waals surface area (Å²) in [6.45, 7) is 1.42. The van der Waals surface area contributed by atoms with Gasteiger partial charge in [-0.1, -0.05) is 24.3 Å². The number of hydrogen-bond acceptors (Lipinski definition) is 7. The van der Waals surface area contributed by atoms with Gasteiger partial charge >= 0.3 is 0 Å². The highest BCUT2D eigenvalue weighted by atomic mass is 16.3. The topological polar surface area (TPSA) is 87.1 Å². The molecule has 3 aromatic heterocycles. The Bertz CT molecular complexity index is 1150. The van der Waals surface area contributed by atoms with Crippen molar-refractivity contribution >= 4 is 28.2 Å². The zero-order valence-electron chi connectivity index (χ0n) is 15.7. The highest BCUT2D eigenvalue weighted by Crippen LogP contribution is 2.31. The van der Waals surface area contributed by atoms with Gasteiger partial charge in [0.15, 0.2) is 0 Å². The highest BCUT2D eigenvalue weighted by Gasteiger charge is 2.22. The first-order valence-electron chi connectivity index (χ1n) is 9.58. The molecule has 0 saturated carbocycles. The number of fused-ring (bicyclic) bond motifs is 1. The molecule has 1 atom stereocenters. The molecule has 1 aliphatic heterocycles. The van der Waals surface area contributed by atoms with Crippen molar-refractivity contribution in [1.29, 1.82) is 0 Å². The second-order valence-electron chi connectivity index (χ2n) is 7.08. The van der Waals surface area contributed by atoms with Crippen LogP contribution in [0.5, 0.6) is 0 Å². The van der Waals surface area contributed by atoms with Gasteiger partial charge in [0.25, 0.3) is 0 Å². The molecule has 1 aliphatic rings. The summed E-state index contributed by atoms with van der Waals surface area (Å²) in [5.41, 5.74) is 1.85. The number of aliphatic hydroxyl groups excluding tert-OH is 1. The van der Waals surface area contributed by atoms with E-state index in [4.69, 9.17) is 4.98 Å². The minimum absolute atomic E-state index is 0.293. The van der Waals surface area contributed by atoms with Gasteiger partial charge in [-0.15, -0.1) is 0 Å². The van der Waals surface area contributed by atoms with Crippen LogP contribution < -0.4 is 10.2 Å². The van der Waals surface area contributed by atoms with Gasteiger partial charge in [0.1, 0.15) is 17.5 Å². The van der Waals surface area contributed by atoms with E-state index in [-0.39, 0.29) is 6.10 Å². The van der Waals surface area contributed by atoms with Gasteiger partial charge in [0.05, 0.1) is 18.0 Å². The van der Waals surface area contributed by atoms with Crippen molar-refractivity contribution in [2.75, 3.05) is 23.3 Å². The molecule has 4 aromatic rings. The number of anilines is 3. The van der Waals surface area contributed by atoms with Gasteiger partial charge in [-0.3, -0.25) is 4.98 Å². The fourth-order valence-corrected chi connectivity index (χ4v) is 3.67. The first kappa shape index (κ1) is 17.5. The lowest BCUT2D eigenvalue weighted by Gasteiger charge is -2.17. The van der Waals surface area contributed by atoms with Crippen LogP contribution in [0.2, 0.25) is 0 Å². The molecule has 5 rings (SSSR count). The molecule has 0 bridgehead atoms. The summed E-state index contributed by atoms with van der Waals surface area (Å²) >= 11 is 0. The standard InChI is InChI=1S/C22H20N6O/c29-17-6-10-28(14-17)21-12-16(5-7-25-21)22-18-4-2-1-3-15(18)11-19(27-22)26-20-13-23-8-9-24-20/h1-5,7-9,11-13,17,29H,6,10,14H2,(H,24,26,27). The number of nitrogens with one attached hydrogen (secondary N) is 1.